The first kappa shape index (κ1) is 24.0. The Balaban J connectivity index is 4.29. The number of hydrogen-bond donors (Lipinski definition) is 6. The number of ether oxygens (including phenoxy) is 2. The van der Waals surface area contributed by atoms with E-state index in [0.29, 0.717) is 13.0 Å². The van der Waals surface area contributed by atoms with Crippen molar-refractivity contribution in [1.29, 1.82) is 0 Å². The van der Waals surface area contributed by atoms with Crippen LogP contribution in [0.25, 0.3) is 0 Å². The van der Waals surface area contributed by atoms with Gasteiger partial charge < -0.3 is 26.7 Å². The zero-order valence-electron chi connectivity index (χ0n) is 14.9. The first-order valence-electron chi connectivity index (χ1n) is 7.93. The van der Waals surface area contributed by atoms with Gasteiger partial charge >= 0.3 is 11.9 Å². The van der Waals surface area contributed by atoms with Gasteiger partial charge in [0.2, 0.25) is 11.6 Å². The first-order valence-corrected chi connectivity index (χ1v) is 7.93. The van der Waals surface area contributed by atoms with Gasteiger partial charge in [-0.2, -0.15) is 0 Å². The molecule has 0 amide bonds. The number of Topliss-reactive ketones (excluding diaryl/α,β-unsaturated/α-hetero) is 2. The smallest absolute Gasteiger partial charge is 0.324 e. The van der Waals surface area contributed by atoms with Crippen molar-refractivity contribution in [2.24, 2.45) is 17.2 Å². The molecular weight excluding hydrogens is 348 g/mol. The summed E-state index contributed by atoms with van der Waals surface area (Å²) in [5.74, 6) is -2.90. The van der Waals surface area contributed by atoms with E-state index in [0.717, 1.165) is 7.11 Å². The number of nitrogens with one attached hydrogen (secondary N) is 3. The van der Waals surface area contributed by atoms with E-state index in [-0.39, 0.29) is 12.8 Å². The SMILES string of the molecule is COC(=O)CC(NNCC(=O)C(=O)[C@@H](N)CCCNC(N)N)C(=O)OC. The number of ketones is 2. The minimum atomic E-state index is -1.07. The molecule has 0 aromatic rings. The van der Waals surface area contributed by atoms with Crippen molar-refractivity contribution >= 4 is 23.5 Å². The summed E-state index contributed by atoms with van der Waals surface area (Å²) in [7, 11) is 2.32. The van der Waals surface area contributed by atoms with Crippen LogP contribution >= 0.6 is 0 Å². The van der Waals surface area contributed by atoms with Crippen LogP contribution in [0.15, 0.2) is 0 Å². The van der Waals surface area contributed by atoms with Crippen LogP contribution in [-0.2, 0) is 28.7 Å². The number of rotatable bonds is 14. The molecule has 0 spiro atoms. The molecule has 0 fully saturated rings. The van der Waals surface area contributed by atoms with E-state index < -0.39 is 48.4 Å². The van der Waals surface area contributed by atoms with Crippen LogP contribution in [0.3, 0.4) is 0 Å². The monoisotopic (exact) mass is 376 g/mol. The Bertz CT molecular complexity index is 487. The van der Waals surface area contributed by atoms with Gasteiger partial charge in [-0.25, -0.2) is 10.9 Å². The second kappa shape index (κ2) is 13.3. The molecule has 150 valence electrons. The van der Waals surface area contributed by atoms with Gasteiger partial charge in [-0.15, -0.1) is 0 Å². The predicted molar refractivity (Wildman–Crippen MR) is 91.0 cm³/mol. The van der Waals surface area contributed by atoms with Gasteiger partial charge in [-0.1, -0.05) is 0 Å². The average Bonchev–Trinajstić information content (AvgIpc) is 2.62. The van der Waals surface area contributed by atoms with Crippen molar-refractivity contribution in [2.75, 3.05) is 27.3 Å². The number of hydrazine groups is 1. The van der Waals surface area contributed by atoms with Crippen LogP contribution in [-0.4, -0.2) is 69.2 Å². The Kier molecular flexibility index (Phi) is 12.3. The highest BCUT2D eigenvalue weighted by atomic mass is 16.5. The minimum Gasteiger partial charge on any atom is -0.469 e. The number of methoxy groups -OCH3 is 2. The van der Waals surface area contributed by atoms with Crippen molar-refractivity contribution in [3.8, 4) is 0 Å². The van der Waals surface area contributed by atoms with E-state index in [1.165, 1.54) is 7.11 Å². The summed E-state index contributed by atoms with van der Waals surface area (Å²) in [6.07, 6.45) is -0.175. The Labute approximate surface area is 151 Å². The van der Waals surface area contributed by atoms with Gasteiger partial charge in [-0.3, -0.25) is 24.5 Å². The van der Waals surface area contributed by atoms with E-state index in [9.17, 15) is 19.2 Å². The Hall–Kier alpha value is -1.96. The van der Waals surface area contributed by atoms with Crippen molar-refractivity contribution in [2.45, 2.75) is 37.6 Å². The third kappa shape index (κ3) is 10.1. The highest BCUT2D eigenvalue weighted by Crippen LogP contribution is 1.98. The second-order valence-corrected chi connectivity index (χ2v) is 5.37. The largest absolute Gasteiger partial charge is 0.469 e. The predicted octanol–water partition coefficient (Wildman–Crippen LogP) is -3.78. The van der Waals surface area contributed by atoms with Crippen molar-refractivity contribution < 1.29 is 28.7 Å². The maximum Gasteiger partial charge on any atom is 0.324 e. The van der Waals surface area contributed by atoms with Gasteiger partial charge in [-0.05, 0) is 19.4 Å². The molecule has 9 N–H and O–H groups in total. The highest BCUT2D eigenvalue weighted by molar-refractivity contribution is 6.39. The molecule has 0 saturated carbocycles. The van der Waals surface area contributed by atoms with Crippen LogP contribution in [0.5, 0.6) is 0 Å². The lowest BCUT2D eigenvalue weighted by molar-refractivity contribution is -0.150. The quantitative estimate of drug-likeness (QED) is 0.0569. The average molecular weight is 376 g/mol. The van der Waals surface area contributed by atoms with Gasteiger partial charge in [0.1, 0.15) is 12.3 Å². The third-order valence-electron chi connectivity index (χ3n) is 3.29. The number of esters is 2. The fraction of sp³-hybridized carbons (Fsp3) is 0.714. The summed E-state index contributed by atoms with van der Waals surface area (Å²) in [6.45, 7) is 0.0497. The van der Waals surface area contributed by atoms with Crippen molar-refractivity contribution in [3.05, 3.63) is 0 Å². The maximum atomic E-state index is 11.9. The maximum absolute atomic E-state index is 11.9. The van der Waals surface area contributed by atoms with E-state index >= 15 is 0 Å². The lowest BCUT2D eigenvalue weighted by atomic mass is 10.0. The van der Waals surface area contributed by atoms with E-state index in [4.69, 9.17) is 17.2 Å². The molecule has 0 radical (unpaired) electrons. The normalized spacial score (nSPS) is 13.2. The van der Waals surface area contributed by atoms with Gasteiger partial charge in [0.15, 0.2) is 0 Å². The number of carbonyl (C=O) groups excluding carboxylic acids is 4. The number of carbonyl (C=O) groups is 4. The molecule has 0 saturated heterocycles. The zero-order valence-corrected chi connectivity index (χ0v) is 14.9. The Morgan fingerprint density at radius 3 is 2.23 bits per heavy atom. The fourth-order valence-corrected chi connectivity index (χ4v) is 1.86. The van der Waals surface area contributed by atoms with Crippen LogP contribution < -0.4 is 33.4 Å². The lowest BCUT2D eigenvalue weighted by Gasteiger charge is -2.16. The highest BCUT2D eigenvalue weighted by Gasteiger charge is 2.25. The van der Waals surface area contributed by atoms with E-state index in [1.807, 2.05) is 0 Å². The summed E-state index contributed by atoms with van der Waals surface area (Å²) in [5.41, 5.74) is 21.2. The summed E-state index contributed by atoms with van der Waals surface area (Å²) in [6, 6.07) is -2.03. The van der Waals surface area contributed by atoms with E-state index in [2.05, 4.69) is 25.6 Å². The summed E-state index contributed by atoms with van der Waals surface area (Å²) in [4.78, 5) is 46.5. The van der Waals surface area contributed by atoms with Crippen LogP contribution in [0, 0.1) is 0 Å². The van der Waals surface area contributed by atoms with Gasteiger partial charge in [0, 0.05) is 0 Å². The molecule has 0 aromatic heterocycles. The fourth-order valence-electron chi connectivity index (χ4n) is 1.86. The molecule has 12 heteroatoms. The molecule has 12 nitrogen and oxygen atoms in total. The Morgan fingerprint density at radius 2 is 1.69 bits per heavy atom. The third-order valence-corrected chi connectivity index (χ3v) is 3.29. The molecule has 0 aliphatic rings. The molecule has 0 heterocycles. The summed E-state index contributed by atoms with van der Waals surface area (Å²) in [5, 5.41) is 2.75. The van der Waals surface area contributed by atoms with Crippen molar-refractivity contribution in [3.63, 3.8) is 0 Å². The topological polar surface area (TPSA) is 201 Å². The molecular formula is C14H28N6O6. The molecule has 1 unspecified atom stereocenters. The molecule has 0 aliphatic carbocycles. The molecule has 2 atom stereocenters. The summed E-state index contributed by atoms with van der Waals surface area (Å²) < 4.78 is 8.99. The molecule has 26 heavy (non-hydrogen) atoms. The molecule has 0 aliphatic heterocycles. The van der Waals surface area contributed by atoms with Crippen LogP contribution in [0.1, 0.15) is 19.3 Å². The minimum absolute atomic E-state index is 0.283. The standard InChI is InChI=1S/C14H28N6O6/c1-25-11(22)6-9(13(24)26-2)20-19-7-10(21)12(23)8(15)4-3-5-18-14(16)17/h8-9,14,18-20H,3-7,15-17H2,1-2H3/t8-,9?/m0/s1. The summed E-state index contributed by atoms with van der Waals surface area (Å²) >= 11 is 0. The Morgan fingerprint density at radius 1 is 1.04 bits per heavy atom. The molecule has 0 rings (SSSR count). The second-order valence-electron chi connectivity index (χ2n) is 5.37. The number of nitrogens with two attached hydrogens (primary N) is 3. The zero-order chi connectivity index (χ0) is 20.1. The molecule has 0 bridgehead atoms. The van der Waals surface area contributed by atoms with E-state index in [1.54, 1.807) is 0 Å². The van der Waals surface area contributed by atoms with Crippen LogP contribution in [0.2, 0.25) is 0 Å². The lowest BCUT2D eigenvalue weighted by Crippen LogP contribution is -2.50. The van der Waals surface area contributed by atoms with Gasteiger partial charge in [0.05, 0.1) is 33.2 Å². The van der Waals surface area contributed by atoms with Crippen LogP contribution in [0.4, 0.5) is 0 Å². The molecule has 0 aromatic carbocycles. The number of hydrogen-bond acceptors (Lipinski definition) is 12. The van der Waals surface area contributed by atoms with Gasteiger partial charge in [0.25, 0.3) is 0 Å². The first-order chi connectivity index (χ1) is 12.2. The van der Waals surface area contributed by atoms with Crippen molar-refractivity contribution in [1.82, 2.24) is 16.2 Å².